The molecule has 4 rings (SSSR count). The van der Waals surface area contributed by atoms with Crippen LogP contribution in [0.3, 0.4) is 0 Å². The standard InChI is InChI=1S/C20H16F4N4/c21-18-14(3-1-5-16(18)20(22,23)24)11-28-8-6-17-15(12-28)10-26-19(27-17)13-4-2-7-25-9-13/h1-5,7,9-10H,6,8,11-12H2. The van der Waals surface area contributed by atoms with E-state index in [1.165, 1.54) is 12.1 Å². The molecule has 8 heteroatoms. The van der Waals surface area contributed by atoms with Gasteiger partial charge < -0.3 is 0 Å². The molecule has 0 unspecified atom stereocenters. The van der Waals surface area contributed by atoms with E-state index >= 15 is 0 Å². The summed E-state index contributed by atoms with van der Waals surface area (Å²) in [5.74, 6) is -0.617. The van der Waals surface area contributed by atoms with Gasteiger partial charge in [0.05, 0.1) is 11.3 Å². The van der Waals surface area contributed by atoms with Crippen LogP contribution in [-0.2, 0) is 25.7 Å². The first-order chi connectivity index (χ1) is 13.4. The SMILES string of the molecule is Fc1c(CN2CCc3nc(-c4cccnc4)ncc3C2)cccc1C(F)(F)F. The van der Waals surface area contributed by atoms with Gasteiger partial charge >= 0.3 is 6.18 Å². The normalized spacial score (nSPS) is 14.7. The molecule has 4 nitrogen and oxygen atoms in total. The Morgan fingerprint density at radius 3 is 2.68 bits per heavy atom. The molecule has 1 aromatic carbocycles. The van der Waals surface area contributed by atoms with Gasteiger partial charge in [0.1, 0.15) is 5.82 Å². The highest BCUT2D eigenvalue weighted by Gasteiger charge is 2.35. The molecule has 3 heterocycles. The third kappa shape index (κ3) is 3.73. The van der Waals surface area contributed by atoms with Crippen LogP contribution in [0.1, 0.15) is 22.4 Å². The fourth-order valence-corrected chi connectivity index (χ4v) is 3.31. The second-order valence-electron chi connectivity index (χ2n) is 6.64. The maximum atomic E-state index is 14.3. The van der Waals surface area contributed by atoms with E-state index in [1.807, 2.05) is 17.0 Å². The first-order valence-electron chi connectivity index (χ1n) is 8.74. The number of benzene rings is 1. The third-order valence-corrected chi connectivity index (χ3v) is 4.71. The molecule has 2 aromatic heterocycles. The molecule has 0 saturated carbocycles. The van der Waals surface area contributed by atoms with Crippen molar-refractivity contribution in [3.05, 3.63) is 77.1 Å². The quantitative estimate of drug-likeness (QED) is 0.629. The summed E-state index contributed by atoms with van der Waals surface area (Å²) in [5, 5.41) is 0. The number of hydrogen-bond acceptors (Lipinski definition) is 4. The summed E-state index contributed by atoms with van der Waals surface area (Å²) in [6.45, 7) is 1.13. The van der Waals surface area contributed by atoms with Crippen molar-refractivity contribution in [2.75, 3.05) is 6.54 Å². The average Bonchev–Trinajstić information content (AvgIpc) is 2.69. The highest BCUT2D eigenvalue weighted by atomic mass is 19.4. The van der Waals surface area contributed by atoms with Gasteiger partial charge in [0.15, 0.2) is 5.82 Å². The van der Waals surface area contributed by atoms with Gasteiger partial charge in [0, 0.05) is 61.3 Å². The van der Waals surface area contributed by atoms with E-state index in [9.17, 15) is 17.6 Å². The van der Waals surface area contributed by atoms with Crippen molar-refractivity contribution in [3.63, 3.8) is 0 Å². The van der Waals surface area contributed by atoms with Crippen molar-refractivity contribution < 1.29 is 17.6 Å². The van der Waals surface area contributed by atoms with Gasteiger partial charge in [-0.2, -0.15) is 13.2 Å². The van der Waals surface area contributed by atoms with Crippen LogP contribution in [0.2, 0.25) is 0 Å². The Morgan fingerprint density at radius 1 is 1.07 bits per heavy atom. The first kappa shape index (κ1) is 18.5. The summed E-state index contributed by atoms with van der Waals surface area (Å²) in [4.78, 5) is 14.9. The highest BCUT2D eigenvalue weighted by molar-refractivity contribution is 5.53. The lowest BCUT2D eigenvalue weighted by Crippen LogP contribution is -2.31. The van der Waals surface area contributed by atoms with Crippen LogP contribution in [0.5, 0.6) is 0 Å². The zero-order valence-corrected chi connectivity index (χ0v) is 14.7. The van der Waals surface area contributed by atoms with E-state index < -0.39 is 17.6 Å². The molecule has 0 N–H and O–H groups in total. The molecule has 1 aliphatic heterocycles. The summed E-state index contributed by atoms with van der Waals surface area (Å²) in [6, 6.07) is 7.08. The van der Waals surface area contributed by atoms with Gasteiger partial charge in [-0.15, -0.1) is 0 Å². The Morgan fingerprint density at radius 2 is 1.93 bits per heavy atom. The minimum absolute atomic E-state index is 0.0335. The predicted molar refractivity (Wildman–Crippen MR) is 94.5 cm³/mol. The number of rotatable bonds is 3. The fourth-order valence-electron chi connectivity index (χ4n) is 3.31. The van der Waals surface area contributed by atoms with Crippen LogP contribution in [-0.4, -0.2) is 26.4 Å². The molecule has 0 aliphatic carbocycles. The van der Waals surface area contributed by atoms with Crippen LogP contribution >= 0.6 is 0 Å². The number of alkyl halides is 3. The second-order valence-corrected chi connectivity index (χ2v) is 6.64. The Bertz CT molecular complexity index is 989. The molecule has 28 heavy (non-hydrogen) atoms. The number of fused-ring (bicyclic) bond motifs is 1. The maximum Gasteiger partial charge on any atom is 0.419 e. The van der Waals surface area contributed by atoms with Crippen molar-refractivity contribution in [2.45, 2.75) is 25.7 Å². The molecule has 0 radical (unpaired) electrons. The van der Waals surface area contributed by atoms with Crippen molar-refractivity contribution in [1.82, 2.24) is 19.9 Å². The van der Waals surface area contributed by atoms with Gasteiger partial charge in [0.2, 0.25) is 0 Å². The lowest BCUT2D eigenvalue weighted by molar-refractivity contribution is -0.140. The molecule has 0 amide bonds. The predicted octanol–water partition coefficient (Wildman–Crippen LogP) is 4.25. The third-order valence-electron chi connectivity index (χ3n) is 4.71. The minimum Gasteiger partial charge on any atom is -0.294 e. The van der Waals surface area contributed by atoms with E-state index in [0.717, 1.165) is 22.9 Å². The summed E-state index contributed by atoms with van der Waals surface area (Å²) < 4.78 is 53.0. The summed E-state index contributed by atoms with van der Waals surface area (Å²) in [6.07, 6.45) is 0.996. The molecule has 1 aliphatic rings. The van der Waals surface area contributed by atoms with E-state index in [0.29, 0.717) is 25.3 Å². The molecule has 0 spiro atoms. The van der Waals surface area contributed by atoms with Crippen LogP contribution in [0.15, 0.2) is 48.9 Å². The van der Waals surface area contributed by atoms with Crippen molar-refractivity contribution in [3.8, 4) is 11.4 Å². The number of pyridine rings is 1. The minimum atomic E-state index is -4.70. The number of halogens is 4. The van der Waals surface area contributed by atoms with E-state index in [2.05, 4.69) is 15.0 Å². The van der Waals surface area contributed by atoms with Crippen LogP contribution in [0.4, 0.5) is 17.6 Å². The van der Waals surface area contributed by atoms with Crippen molar-refractivity contribution >= 4 is 0 Å². The van der Waals surface area contributed by atoms with E-state index in [1.54, 1.807) is 18.6 Å². The smallest absolute Gasteiger partial charge is 0.294 e. The van der Waals surface area contributed by atoms with Gasteiger partial charge in [-0.05, 0) is 18.2 Å². The number of hydrogen-bond donors (Lipinski definition) is 0. The number of nitrogens with zero attached hydrogens (tertiary/aromatic N) is 4. The monoisotopic (exact) mass is 388 g/mol. The van der Waals surface area contributed by atoms with Gasteiger partial charge in [0.25, 0.3) is 0 Å². The summed E-state index contributed by atoms with van der Waals surface area (Å²) in [7, 11) is 0. The van der Waals surface area contributed by atoms with Crippen molar-refractivity contribution in [1.29, 1.82) is 0 Å². The molecule has 0 atom stereocenters. The summed E-state index contributed by atoms with van der Waals surface area (Å²) >= 11 is 0. The highest BCUT2D eigenvalue weighted by Crippen LogP contribution is 2.33. The molecular weight excluding hydrogens is 372 g/mol. The van der Waals surface area contributed by atoms with E-state index in [4.69, 9.17) is 0 Å². The summed E-state index contributed by atoms with van der Waals surface area (Å²) in [5.41, 5.74) is 1.41. The molecule has 144 valence electrons. The Hall–Kier alpha value is -2.87. The van der Waals surface area contributed by atoms with Gasteiger partial charge in [-0.3, -0.25) is 9.88 Å². The first-order valence-corrected chi connectivity index (χ1v) is 8.74. The Balaban J connectivity index is 1.53. The zero-order chi connectivity index (χ0) is 19.7. The van der Waals surface area contributed by atoms with Crippen LogP contribution < -0.4 is 0 Å². The zero-order valence-electron chi connectivity index (χ0n) is 14.7. The molecule has 0 saturated heterocycles. The molecule has 3 aromatic rings. The largest absolute Gasteiger partial charge is 0.419 e. The van der Waals surface area contributed by atoms with Crippen molar-refractivity contribution in [2.24, 2.45) is 0 Å². The lowest BCUT2D eigenvalue weighted by Gasteiger charge is -2.28. The van der Waals surface area contributed by atoms with Crippen LogP contribution in [0, 0.1) is 5.82 Å². The molecule has 0 bridgehead atoms. The maximum absolute atomic E-state index is 14.3. The number of aromatic nitrogens is 3. The molecular formula is C20H16F4N4. The Kier molecular flexibility index (Phi) is 4.80. The molecule has 0 fully saturated rings. The van der Waals surface area contributed by atoms with Gasteiger partial charge in [-0.25, -0.2) is 14.4 Å². The van der Waals surface area contributed by atoms with E-state index in [-0.39, 0.29) is 12.1 Å². The fraction of sp³-hybridized carbons (Fsp3) is 0.250. The topological polar surface area (TPSA) is 41.9 Å². The lowest BCUT2D eigenvalue weighted by atomic mass is 10.0. The average molecular weight is 388 g/mol. The Labute approximate surface area is 158 Å². The van der Waals surface area contributed by atoms with Gasteiger partial charge in [-0.1, -0.05) is 12.1 Å². The van der Waals surface area contributed by atoms with Crippen LogP contribution in [0.25, 0.3) is 11.4 Å². The second kappa shape index (κ2) is 7.27.